The lowest BCUT2D eigenvalue weighted by atomic mass is 10.2. The molecule has 2 N–H and O–H groups in total. The van der Waals surface area contributed by atoms with Crippen molar-refractivity contribution in [2.75, 3.05) is 25.0 Å². The van der Waals surface area contributed by atoms with Crippen molar-refractivity contribution in [3.8, 4) is 0 Å². The van der Waals surface area contributed by atoms with Gasteiger partial charge in [-0.2, -0.15) is 0 Å². The van der Waals surface area contributed by atoms with Crippen LogP contribution in [0.2, 0.25) is 5.02 Å². The van der Waals surface area contributed by atoms with Crippen LogP contribution in [0.5, 0.6) is 0 Å². The number of aryl methyl sites for hydroxylation is 1. The van der Waals surface area contributed by atoms with Gasteiger partial charge in [0.25, 0.3) is 0 Å². The molecule has 1 heterocycles. The second-order valence-corrected chi connectivity index (χ2v) is 3.92. The molecule has 1 aromatic carbocycles. The van der Waals surface area contributed by atoms with Gasteiger partial charge in [0.05, 0.1) is 23.8 Å². The molecule has 4 heteroatoms. The fourth-order valence-corrected chi connectivity index (χ4v) is 1.72. The van der Waals surface area contributed by atoms with Crippen LogP contribution in [0.3, 0.4) is 0 Å². The summed E-state index contributed by atoms with van der Waals surface area (Å²) in [5, 5.41) is 7.26. The lowest BCUT2D eigenvalue weighted by Crippen LogP contribution is -2.26. The van der Waals surface area contributed by atoms with Crippen LogP contribution in [0.1, 0.15) is 5.56 Å². The van der Waals surface area contributed by atoms with Crippen molar-refractivity contribution in [2.45, 2.75) is 6.92 Å². The van der Waals surface area contributed by atoms with Crippen molar-refractivity contribution in [1.82, 2.24) is 5.32 Å². The molecule has 1 aliphatic rings. The van der Waals surface area contributed by atoms with E-state index in [1.165, 1.54) is 0 Å². The van der Waals surface area contributed by atoms with Crippen molar-refractivity contribution < 1.29 is 0 Å². The van der Waals surface area contributed by atoms with Crippen molar-refractivity contribution in [2.24, 2.45) is 4.99 Å². The average Bonchev–Trinajstić information content (AvgIpc) is 2.73. The number of hydrogen-bond donors (Lipinski definition) is 2. The molecule has 0 saturated heterocycles. The second kappa shape index (κ2) is 4.53. The molecule has 0 radical (unpaired) electrons. The molecule has 0 atom stereocenters. The standard InChI is InChI=1S/C11H14ClN3/c1-8-3-2-4-9(11(8)12)15-7-10-13-5-6-14-10/h2-4,15H,5-7H2,1H3,(H,13,14). The SMILES string of the molecule is Cc1cccc(NCC2=NCCN2)c1Cl. The fraction of sp³-hybridized carbons (Fsp3) is 0.364. The van der Waals surface area contributed by atoms with Crippen molar-refractivity contribution in [1.29, 1.82) is 0 Å². The Kier molecular flexibility index (Phi) is 3.11. The number of amidine groups is 1. The Hall–Kier alpha value is -1.22. The second-order valence-electron chi connectivity index (χ2n) is 3.55. The molecule has 3 nitrogen and oxygen atoms in total. The largest absolute Gasteiger partial charge is 0.377 e. The predicted molar refractivity (Wildman–Crippen MR) is 65.0 cm³/mol. The quantitative estimate of drug-likeness (QED) is 0.823. The van der Waals surface area contributed by atoms with E-state index >= 15 is 0 Å². The molecule has 0 saturated carbocycles. The highest BCUT2D eigenvalue weighted by atomic mass is 35.5. The van der Waals surface area contributed by atoms with E-state index in [0.29, 0.717) is 6.54 Å². The van der Waals surface area contributed by atoms with E-state index in [1.807, 2.05) is 25.1 Å². The summed E-state index contributed by atoms with van der Waals surface area (Å²) in [6.45, 7) is 4.53. The molecule has 0 fully saturated rings. The summed E-state index contributed by atoms with van der Waals surface area (Å²) in [5.74, 6) is 1.01. The number of anilines is 1. The van der Waals surface area contributed by atoms with Crippen LogP contribution < -0.4 is 10.6 Å². The Bertz CT molecular complexity index is 387. The first-order valence-corrected chi connectivity index (χ1v) is 5.41. The minimum Gasteiger partial charge on any atom is -0.377 e. The molecule has 0 spiro atoms. The summed E-state index contributed by atoms with van der Waals surface area (Å²) in [6.07, 6.45) is 0. The first kappa shape index (κ1) is 10.3. The van der Waals surface area contributed by atoms with Gasteiger partial charge < -0.3 is 10.6 Å². The van der Waals surface area contributed by atoms with Crippen LogP contribution >= 0.6 is 11.6 Å². The third-order valence-electron chi connectivity index (χ3n) is 2.38. The van der Waals surface area contributed by atoms with Gasteiger partial charge in [0, 0.05) is 6.54 Å². The molecule has 1 aromatic rings. The number of nitrogens with one attached hydrogen (secondary N) is 2. The summed E-state index contributed by atoms with van der Waals surface area (Å²) in [5.41, 5.74) is 2.05. The van der Waals surface area contributed by atoms with E-state index in [2.05, 4.69) is 15.6 Å². The zero-order chi connectivity index (χ0) is 10.7. The molecule has 1 aliphatic heterocycles. The maximum Gasteiger partial charge on any atom is 0.116 e. The molecule has 15 heavy (non-hydrogen) atoms. The van der Waals surface area contributed by atoms with E-state index in [9.17, 15) is 0 Å². The van der Waals surface area contributed by atoms with Gasteiger partial charge in [-0.05, 0) is 18.6 Å². The first-order valence-electron chi connectivity index (χ1n) is 5.03. The van der Waals surface area contributed by atoms with Gasteiger partial charge in [-0.1, -0.05) is 23.7 Å². The van der Waals surface area contributed by atoms with E-state index < -0.39 is 0 Å². The molecule has 0 aromatic heterocycles. The molecule has 2 rings (SSSR count). The van der Waals surface area contributed by atoms with Crippen molar-refractivity contribution in [3.05, 3.63) is 28.8 Å². The smallest absolute Gasteiger partial charge is 0.116 e. The van der Waals surface area contributed by atoms with E-state index in [4.69, 9.17) is 11.6 Å². The van der Waals surface area contributed by atoms with E-state index in [1.54, 1.807) is 0 Å². The van der Waals surface area contributed by atoms with Crippen LogP contribution in [0.15, 0.2) is 23.2 Å². The third-order valence-corrected chi connectivity index (χ3v) is 2.88. The molecular weight excluding hydrogens is 210 g/mol. The van der Waals surface area contributed by atoms with Gasteiger partial charge in [-0.3, -0.25) is 4.99 Å². The van der Waals surface area contributed by atoms with Gasteiger partial charge in [0.15, 0.2) is 0 Å². The van der Waals surface area contributed by atoms with Gasteiger partial charge in [-0.25, -0.2) is 0 Å². The maximum absolute atomic E-state index is 6.16. The van der Waals surface area contributed by atoms with Crippen molar-refractivity contribution >= 4 is 23.1 Å². The minimum absolute atomic E-state index is 0.711. The molecular formula is C11H14ClN3. The summed E-state index contributed by atoms with van der Waals surface area (Å²) in [6, 6.07) is 5.97. The monoisotopic (exact) mass is 223 g/mol. The Morgan fingerprint density at radius 1 is 1.53 bits per heavy atom. The number of halogens is 1. The Morgan fingerprint density at radius 2 is 2.40 bits per heavy atom. The van der Waals surface area contributed by atoms with Gasteiger partial charge >= 0.3 is 0 Å². The third kappa shape index (κ3) is 2.42. The van der Waals surface area contributed by atoms with Crippen LogP contribution in [-0.4, -0.2) is 25.5 Å². The van der Waals surface area contributed by atoms with E-state index in [-0.39, 0.29) is 0 Å². The summed E-state index contributed by atoms with van der Waals surface area (Å²) < 4.78 is 0. The Labute approximate surface area is 94.5 Å². The summed E-state index contributed by atoms with van der Waals surface area (Å²) in [4.78, 5) is 4.30. The lowest BCUT2D eigenvalue weighted by molar-refractivity contribution is 0.956. The lowest BCUT2D eigenvalue weighted by Gasteiger charge is -2.09. The number of aliphatic imine (C=N–C) groups is 1. The molecule has 0 aliphatic carbocycles. The van der Waals surface area contributed by atoms with E-state index in [0.717, 1.165) is 35.2 Å². The highest BCUT2D eigenvalue weighted by Gasteiger charge is 2.06. The van der Waals surface area contributed by atoms with Gasteiger partial charge in [-0.15, -0.1) is 0 Å². The Balaban J connectivity index is 2.01. The number of nitrogens with zero attached hydrogens (tertiary/aromatic N) is 1. The number of benzene rings is 1. The van der Waals surface area contributed by atoms with Crippen LogP contribution in [0.4, 0.5) is 5.69 Å². The number of rotatable bonds is 3. The van der Waals surface area contributed by atoms with Crippen LogP contribution in [0.25, 0.3) is 0 Å². The van der Waals surface area contributed by atoms with Crippen LogP contribution in [-0.2, 0) is 0 Å². The predicted octanol–water partition coefficient (Wildman–Crippen LogP) is 2.06. The average molecular weight is 224 g/mol. The summed E-state index contributed by atoms with van der Waals surface area (Å²) >= 11 is 6.16. The Morgan fingerprint density at radius 3 is 3.13 bits per heavy atom. The van der Waals surface area contributed by atoms with Crippen LogP contribution in [0, 0.1) is 6.92 Å². The van der Waals surface area contributed by atoms with Gasteiger partial charge in [0.2, 0.25) is 0 Å². The molecule has 0 unspecified atom stereocenters. The normalized spacial score (nSPS) is 14.7. The van der Waals surface area contributed by atoms with Crippen molar-refractivity contribution in [3.63, 3.8) is 0 Å². The molecule has 0 amide bonds. The maximum atomic E-state index is 6.16. The van der Waals surface area contributed by atoms with Gasteiger partial charge in [0.1, 0.15) is 5.84 Å². The highest BCUT2D eigenvalue weighted by molar-refractivity contribution is 6.34. The summed E-state index contributed by atoms with van der Waals surface area (Å²) in [7, 11) is 0. The zero-order valence-electron chi connectivity index (χ0n) is 8.68. The topological polar surface area (TPSA) is 36.4 Å². The number of hydrogen-bond acceptors (Lipinski definition) is 3. The molecule has 0 bridgehead atoms. The molecule has 80 valence electrons. The fourth-order valence-electron chi connectivity index (χ4n) is 1.53. The zero-order valence-corrected chi connectivity index (χ0v) is 9.43. The first-order chi connectivity index (χ1) is 7.27. The minimum atomic E-state index is 0.711. The highest BCUT2D eigenvalue weighted by Crippen LogP contribution is 2.24.